The molecule has 2 fully saturated rings. The van der Waals surface area contributed by atoms with Gasteiger partial charge >= 0.3 is 16.4 Å². The number of urea groups is 1. The first kappa shape index (κ1) is 22.7. The van der Waals surface area contributed by atoms with Gasteiger partial charge in [0.25, 0.3) is 11.8 Å². The lowest BCUT2D eigenvalue weighted by atomic mass is 10.0. The molecule has 0 spiro atoms. The summed E-state index contributed by atoms with van der Waals surface area (Å²) in [5, 5.41) is 0.550. The van der Waals surface area contributed by atoms with Gasteiger partial charge in [0.1, 0.15) is 18.4 Å². The molecule has 0 radical (unpaired) electrons. The van der Waals surface area contributed by atoms with E-state index in [1.807, 2.05) is 37.3 Å². The van der Waals surface area contributed by atoms with E-state index in [1.54, 1.807) is 10.8 Å². The minimum atomic E-state index is -4.88. The lowest BCUT2D eigenvalue weighted by Gasteiger charge is -2.29. The highest BCUT2D eigenvalue weighted by molar-refractivity contribution is 7.80. The van der Waals surface area contributed by atoms with Crippen LogP contribution in [0, 0.1) is 6.92 Å². The van der Waals surface area contributed by atoms with Crippen LogP contribution in [-0.2, 0) is 30.8 Å². The summed E-state index contributed by atoms with van der Waals surface area (Å²) in [6.45, 7) is 1.76. The predicted molar refractivity (Wildman–Crippen MR) is 112 cm³/mol. The number of aryl methyl sites for hydroxylation is 1. The molecule has 33 heavy (non-hydrogen) atoms. The number of hydrogen-bond acceptors (Lipinski definition) is 7. The molecular formula is C19H22N6O7S. The van der Waals surface area contributed by atoms with Gasteiger partial charge in [0, 0.05) is 24.0 Å². The van der Waals surface area contributed by atoms with E-state index >= 15 is 0 Å². The van der Waals surface area contributed by atoms with Gasteiger partial charge in [-0.15, -0.1) is 4.28 Å². The van der Waals surface area contributed by atoms with Crippen molar-refractivity contribution >= 4 is 28.2 Å². The van der Waals surface area contributed by atoms with Crippen LogP contribution in [0.2, 0.25) is 0 Å². The Balaban J connectivity index is 1.36. The summed E-state index contributed by atoms with van der Waals surface area (Å²) in [7, 11) is -4.88. The zero-order chi connectivity index (χ0) is 23.8. The minimum absolute atomic E-state index is 0.0506. The average molecular weight is 478 g/mol. The van der Waals surface area contributed by atoms with E-state index in [0.29, 0.717) is 10.9 Å². The van der Waals surface area contributed by atoms with Gasteiger partial charge in [-0.05, 0) is 19.8 Å². The first-order valence-corrected chi connectivity index (χ1v) is 11.4. The van der Waals surface area contributed by atoms with Crippen LogP contribution < -0.4 is 10.9 Å². The second kappa shape index (κ2) is 8.80. The molecule has 1 aromatic carbocycles. The number of carbonyl (C=O) groups is 3. The number of fused-ring (bicyclic) bond motifs is 2. The predicted octanol–water partition coefficient (Wildman–Crippen LogP) is 0.00892. The molecule has 14 heteroatoms. The third kappa shape index (κ3) is 4.81. The van der Waals surface area contributed by atoms with Gasteiger partial charge in [-0.3, -0.25) is 25.0 Å². The van der Waals surface area contributed by atoms with Gasteiger partial charge in [0.2, 0.25) is 0 Å². The number of rotatable bonds is 6. The molecule has 3 heterocycles. The molecule has 4 amide bonds. The van der Waals surface area contributed by atoms with Crippen LogP contribution in [0.1, 0.15) is 18.5 Å². The maximum Gasteiger partial charge on any atom is 0.418 e. The number of hydrogen-bond donors (Lipinski definition) is 3. The quantitative estimate of drug-likeness (QED) is 0.386. The van der Waals surface area contributed by atoms with E-state index in [0.717, 1.165) is 16.2 Å². The Bertz CT molecular complexity index is 1180. The topological polar surface area (TPSA) is 163 Å². The van der Waals surface area contributed by atoms with Crippen LogP contribution in [0.15, 0.2) is 36.5 Å². The Morgan fingerprint density at radius 2 is 1.94 bits per heavy atom. The van der Waals surface area contributed by atoms with Crippen molar-refractivity contribution in [3.8, 4) is 11.4 Å². The van der Waals surface area contributed by atoms with Crippen molar-refractivity contribution in [2.75, 3.05) is 6.54 Å². The van der Waals surface area contributed by atoms with Crippen molar-refractivity contribution < 1.29 is 31.6 Å². The molecule has 2 atom stereocenters. The molecule has 3 N–H and O–H groups in total. The Hall–Kier alpha value is -3.49. The molecule has 0 unspecified atom stereocenters. The first-order chi connectivity index (χ1) is 15.6. The standard InChI is InChI=1S/C19H22N6O7S/c1-12-9-20-17(13-5-3-2-4-6-13)23(12)11-16(26)21-22-18(27)15-8-7-14-10-24(15)19(28)25(14)32-33(29,30)31/h2-6,9,14-15H,7-8,10-11H2,1H3,(H,21,26)(H,22,27)(H,29,30,31)/t14-,15+/m1/s1. The summed E-state index contributed by atoms with van der Waals surface area (Å²) >= 11 is 0. The van der Waals surface area contributed by atoms with E-state index in [2.05, 4.69) is 20.1 Å². The van der Waals surface area contributed by atoms with Crippen molar-refractivity contribution in [1.29, 1.82) is 0 Å². The molecule has 2 aromatic rings. The fraction of sp³-hybridized carbons (Fsp3) is 0.368. The Kier molecular flexibility index (Phi) is 6.05. The van der Waals surface area contributed by atoms with E-state index in [-0.39, 0.29) is 25.9 Å². The van der Waals surface area contributed by atoms with Gasteiger partial charge in [0.15, 0.2) is 0 Å². The van der Waals surface area contributed by atoms with E-state index in [4.69, 9.17) is 4.55 Å². The monoisotopic (exact) mass is 478 g/mol. The van der Waals surface area contributed by atoms with Crippen LogP contribution in [0.4, 0.5) is 4.79 Å². The number of nitrogens with one attached hydrogen (secondary N) is 2. The molecule has 176 valence electrons. The molecule has 0 saturated carbocycles. The molecule has 2 aliphatic heterocycles. The van der Waals surface area contributed by atoms with Crippen molar-refractivity contribution in [1.82, 2.24) is 30.4 Å². The number of amides is 4. The first-order valence-electron chi connectivity index (χ1n) is 10.1. The average Bonchev–Trinajstić information content (AvgIpc) is 3.24. The Morgan fingerprint density at radius 3 is 2.64 bits per heavy atom. The largest absolute Gasteiger partial charge is 0.418 e. The fourth-order valence-corrected chi connectivity index (χ4v) is 4.37. The minimum Gasteiger partial charge on any atom is -0.319 e. The Labute approximate surface area is 189 Å². The van der Waals surface area contributed by atoms with Gasteiger partial charge < -0.3 is 9.47 Å². The number of imidazole rings is 1. The second-order valence-electron chi connectivity index (χ2n) is 7.72. The SMILES string of the molecule is Cc1cnc(-c2ccccc2)n1CC(=O)NNC(=O)[C@@H]1CC[C@@H]2CN1C(=O)N2OS(=O)(=O)O. The van der Waals surface area contributed by atoms with Crippen LogP contribution in [0.5, 0.6) is 0 Å². The molecule has 2 aliphatic rings. The van der Waals surface area contributed by atoms with Crippen molar-refractivity contribution in [2.45, 2.75) is 38.4 Å². The lowest BCUT2D eigenvalue weighted by Crippen LogP contribution is -2.54. The van der Waals surface area contributed by atoms with E-state index in [9.17, 15) is 22.8 Å². The number of hydroxylamine groups is 2. The highest BCUT2D eigenvalue weighted by atomic mass is 32.3. The fourth-order valence-electron chi connectivity index (χ4n) is 3.98. The summed E-state index contributed by atoms with van der Waals surface area (Å²) in [4.78, 5) is 43.0. The van der Waals surface area contributed by atoms with Gasteiger partial charge in [-0.25, -0.2) is 9.78 Å². The third-order valence-corrected chi connectivity index (χ3v) is 5.86. The smallest absolute Gasteiger partial charge is 0.319 e. The molecule has 4 rings (SSSR count). The summed E-state index contributed by atoms with van der Waals surface area (Å²) in [6.07, 6.45) is 2.15. The summed E-state index contributed by atoms with van der Waals surface area (Å²) in [5.41, 5.74) is 6.25. The number of hydrazine groups is 1. The molecule has 0 aliphatic carbocycles. The third-order valence-electron chi connectivity index (χ3n) is 5.51. The highest BCUT2D eigenvalue weighted by Crippen LogP contribution is 2.30. The summed E-state index contributed by atoms with van der Waals surface area (Å²) < 4.78 is 36.8. The van der Waals surface area contributed by atoms with Crippen LogP contribution >= 0.6 is 0 Å². The number of nitrogens with zero attached hydrogens (tertiary/aromatic N) is 4. The zero-order valence-corrected chi connectivity index (χ0v) is 18.4. The van der Waals surface area contributed by atoms with Crippen molar-refractivity contribution in [2.24, 2.45) is 0 Å². The van der Waals surface area contributed by atoms with Gasteiger partial charge in [-0.2, -0.15) is 13.5 Å². The van der Waals surface area contributed by atoms with Crippen LogP contribution in [0.25, 0.3) is 11.4 Å². The van der Waals surface area contributed by atoms with Crippen molar-refractivity contribution in [3.63, 3.8) is 0 Å². The molecular weight excluding hydrogens is 456 g/mol. The summed E-state index contributed by atoms with van der Waals surface area (Å²) in [5.74, 6) is -0.525. The second-order valence-corrected chi connectivity index (χ2v) is 8.73. The molecule has 2 bridgehead atoms. The van der Waals surface area contributed by atoms with Crippen LogP contribution in [0.3, 0.4) is 0 Å². The Morgan fingerprint density at radius 1 is 1.21 bits per heavy atom. The van der Waals surface area contributed by atoms with E-state index in [1.165, 1.54) is 0 Å². The normalized spacial score (nSPS) is 20.1. The van der Waals surface area contributed by atoms with Crippen LogP contribution in [-0.4, -0.2) is 69.0 Å². The zero-order valence-electron chi connectivity index (χ0n) is 17.5. The van der Waals surface area contributed by atoms with Gasteiger partial charge in [0.05, 0.1) is 6.04 Å². The number of aromatic nitrogens is 2. The van der Waals surface area contributed by atoms with Gasteiger partial charge in [-0.1, -0.05) is 30.3 Å². The number of piperidine rings is 1. The molecule has 13 nitrogen and oxygen atoms in total. The summed E-state index contributed by atoms with van der Waals surface area (Å²) in [6, 6.07) is 6.94. The maximum atomic E-state index is 12.6. The van der Waals surface area contributed by atoms with Crippen molar-refractivity contribution in [3.05, 3.63) is 42.2 Å². The highest BCUT2D eigenvalue weighted by Gasteiger charge is 2.49. The lowest BCUT2D eigenvalue weighted by molar-refractivity contribution is -0.132. The molecule has 1 aromatic heterocycles. The maximum absolute atomic E-state index is 12.6. The number of benzene rings is 1. The number of carbonyl (C=O) groups excluding carboxylic acids is 3. The van der Waals surface area contributed by atoms with E-state index < -0.39 is 40.3 Å². The molecule has 2 saturated heterocycles.